The lowest BCUT2D eigenvalue weighted by atomic mass is 10.2. The first-order chi connectivity index (χ1) is 7.13. The molecule has 0 bridgehead atoms. The molecule has 78 valence electrons. The lowest BCUT2D eigenvalue weighted by Gasteiger charge is -2.00. The normalized spacial score (nSPS) is 10.5. The molecular weight excluding hydrogens is 198 g/mol. The maximum Gasteiger partial charge on any atom is 0.297 e. The Kier molecular flexibility index (Phi) is 2.03. The number of nitro benzene ring substituents is 1. The molecule has 0 aliphatic rings. The molecule has 0 atom stereocenters. The van der Waals surface area contributed by atoms with Crippen LogP contribution in [0.15, 0.2) is 12.1 Å². The van der Waals surface area contributed by atoms with Gasteiger partial charge in [0, 0.05) is 6.07 Å². The molecular formula is C9H9N3O3. The number of H-pyrrole nitrogens is 1. The van der Waals surface area contributed by atoms with E-state index in [1.54, 1.807) is 13.0 Å². The molecule has 15 heavy (non-hydrogen) atoms. The molecule has 2 aromatic rings. The van der Waals surface area contributed by atoms with Crippen LogP contribution in [-0.4, -0.2) is 22.0 Å². The SMILES string of the molecule is COc1ccc([N+](=O)[O-])c2nc(C)[nH]c12. The summed E-state index contributed by atoms with van der Waals surface area (Å²) in [5.41, 5.74) is 0.871. The van der Waals surface area contributed by atoms with E-state index in [0.717, 1.165) is 0 Å². The molecule has 6 heteroatoms. The van der Waals surface area contributed by atoms with E-state index in [0.29, 0.717) is 22.6 Å². The quantitative estimate of drug-likeness (QED) is 0.601. The van der Waals surface area contributed by atoms with Crippen LogP contribution in [0.2, 0.25) is 0 Å². The van der Waals surface area contributed by atoms with Gasteiger partial charge in [0.1, 0.15) is 17.1 Å². The van der Waals surface area contributed by atoms with Crippen LogP contribution in [-0.2, 0) is 0 Å². The van der Waals surface area contributed by atoms with Gasteiger partial charge in [0.2, 0.25) is 0 Å². The first kappa shape index (κ1) is 9.45. The molecule has 1 aromatic carbocycles. The lowest BCUT2D eigenvalue weighted by molar-refractivity contribution is -0.383. The van der Waals surface area contributed by atoms with Gasteiger partial charge >= 0.3 is 0 Å². The highest BCUT2D eigenvalue weighted by atomic mass is 16.6. The zero-order chi connectivity index (χ0) is 11.0. The third kappa shape index (κ3) is 1.39. The van der Waals surface area contributed by atoms with Crippen molar-refractivity contribution < 1.29 is 9.66 Å². The van der Waals surface area contributed by atoms with Gasteiger partial charge in [-0.3, -0.25) is 10.1 Å². The Hall–Kier alpha value is -2.11. The average Bonchev–Trinajstić information content (AvgIpc) is 2.56. The minimum Gasteiger partial charge on any atom is -0.494 e. The van der Waals surface area contributed by atoms with Crippen LogP contribution in [0.5, 0.6) is 5.75 Å². The second-order valence-corrected chi connectivity index (χ2v) is 3.09. The van der Waals surface area contributed by atoms with E-state index in [-0.39, 0.29) is 5.69 Å². The molecule has 0 radical (unpaired) electrons. The van der Waals surface area contributed by atoms with Crippen molar-refractivity contribution in [2.75, 3.05) is 7.11 Å². The Balaban J connectivity index is 2.82. The molecule has 1 aromatic heterocycles. The number of aromatic nitrogens is 2. The van der Waals surface area contributed by atoms with E-state index < -0.39 is 4.92 Å². The maximum atomic E-state index is 10.7. The summed E-state index contributed by atoms with van der Waals surface area (Å²) in [5.74, 6) is 1.17. The van der Waals surface area contributed by atoms with Gasteiger partial charge in [-0.15, -0.1) is 0 Å². The number of hydrogen-bond donors (Lipinski definition) is 1. The van der Waals surface area contributed by atoms with Crippen molar-refractivity contribution in [2.24, 2.45) is 0 Å². The average molecular weight is 207 g/mol. The van der Waals surface area contributed by atoms with E-state index in [9.17, 15) is 10.1 Å². The number of nitro groups is 1. The zero-order valence-electron chi connectivity index (χ0n) is 8.27. The van der Waals surface area contributed by atoms with Gasteiger partial charge in [-0.2, -0.15) is 0 Å². The Morgan fingerprint density at radius 2 is 2.27 bits per heavy atom. The molecule has 1 heterocycles. The fraction of sp³-hybridized carbons (Fsp3) is 0.222. The smallest absolute Gasteiger partial charge is 0.297 e. The van der Waals surface area contributed by atoms with E-state index in [1.807, 2.05) is 0 Å². The number of ether oxygens (including phenoxy) is 1. The Bertz CT molecular complexity index is 533. The summed E-state index contributed by atoms with van der Waals surface area (Å²) in [6.07, 6.45) is 0. The largest absolute Gasteiger partial charge is 0.494 e. The van der Waals surface area contributed by atoms with Gasteiger partial charge in [-0.05, 0) is 13.0 Å². The Morgan fingerprint density at radius 1 is 1.53 bits per heavy atom. The summed E-state index contributed by atoms with van der Waals surface area (Å²) in [5, 5.41) is 10.7. The molecule has 0 fully saturated rings. The zero-order valence-corrected chi connectivity index (χ0v) is 8.27. The number of benzene rings is 1. The van der Waals surface area contributed by atoms with Crippen molar-refractivity contribution in [3.05, 3.63) is 28.1 Å². The predicted octanol–water partition coefficient (Wildman–Crippen LogP) is 1.79. The number of fused-ring (bicyclic) bond motifs is 1. The number of aryl methyl sites for hydroxylation is 1. The summed E-state index contributed by atoms with van der Waals surface area (Å²) < 4.78 is 5.08. The van der Waals surface area contributed by atoms with Crippen molar-refractivity contribution in [1.29, 1.82) is 0 Å². The summed E-state index contributed by atoms with van der Waals surface area (Å²) >= 11 is 0. The van der Waals surface area contributed by atoms with Crippen LogP contribution in [0.3, 0.4) is 0 Å². The summed E-state index contributed by atoms with van der Waals surface area (Å²) in [7, 11) is 1.51. The number of nitrogens with zero attached hydrogens (tertiary/aromatic N) is 2. The van der Waals surface area contributed by atoms with Crippen molar-refractivity contribution in [3.63, 3.8) is 0 Å². The minimum atomic E-state index is -0.456. The standard InChI is InChI=1S/C9H9N3O3/c1-5-10-8-6(12(13)14)3-4-7(15-2)9(8)11-5/h3-4H,1-2H3,(H,10,11). The number of hydrogen-bond acceptors (Lipinski definition) is 4. The van der Waals surface area contributed by atoms with Gasteiger partial charge in [0.15, 0.2) is 5.52 Å². The number of non-ortho nitro benzene ring substituents is 1. The molecule has 0 spiro atoms. The third-order valence-electron chi connectivity index (χ3n) is 2.12. The molecule has 1 N–H and O–H groups in total. The van der Waals surface area contributed by atoms with Crippen LogP contribution in [0, 0.1) is 17.0 Å². The number of rotatable bonds is 2. The number of aromatic amines is 1. The van der Waals surface area contributed by atoms with Crippen molar-refractivity contribution in [3.8, 4) is 5.75 Å². The van der Waals surface area contributed by atoms with Crippen LogP contribution >= 0.6 is 0 Å². The van der Waals surface area contributed by atoms with Gasteiger partial charge in [-0.1, -0.05) is 0 Å². The second-order valence-electron chi connectivity index (χ2n) is 3.09. The second kappa shape index (κ2) is 3.23. The topological polar surface area (TPSA) is 81.1 Å². The van der Waals surface area contributed by atoms with E-state index in [1.165, 1.54) is 13.2 Å². The van der Waals surface area contributed by atoms with Gasteiger partial charge in [0.05, 0.1) is 12.0 Å². The number of imidazole rings is 1. The van der Waals surface area contributed by atoms with Crippen LogP contribution in [0.4, 0.5) is 5.69 Å². The van der Waals surface area contributed by atoms with Crippen molar-refractivity contribution in [2.45, 2.75) is 6.92 Å². The Labute approximate surface area is 85.0 Å². The Morgan fingerprint density at radius 3 is 2.87 bits per heavy atom. The molecule has 0 saturated carbocycles. The predicted molar refractivity (Wildman–Crippen MR) is 54.0 cm³/mol. The third-order valence-corrected chi connectivity index (χ3v) is 2.12. The van der Waals surface area contributed by atoms with E-state index >= 15 is 0 Å². The first-order valence-corrected chi connectivity index (χ1v) is 4.31. The number of nitrogens with one attached hydrogen (secondary N) is 1. The monoisotopic (exact) mass is 207 g/mol. The summed E-state index contributed by atoms with van der Waals surface area (Å²) in [6, 6.07) is 2.94. The van der Waals surface area contributed by atoms with Crippen LogP contribution < -0.4 is 4.74 Å². The fourth-order valence-corrected chi connectivity index (χ4v) is 1.49. The molecule has 2 rings (SSSR count). The van der Waals surface area contributed by atoms with E-state index in [4.69, 9.17) is 4.74 Å². The molecule has 0 saturated heterocycles. The molecule has 0 aliphatic carbocycles. The molecule has 6 nitrogen and oxygen atoms in total. The molecule has 0 unspecified atom stereocenters. The highest BCUT2D eigenvalue weighted by Gasteiger charge is 2.17. The van der Waals surface area contributed by atoms with Crippen molar-refractivity contribution in [1.82, 2.24) is 9.97 Å². The lowest BCUT2D eigenvalue weighted by Crippen LogP contribution is -1.91. The summed E-state index contributed by atoms with van der Waals surface area (Å²) in [4.78, 5) is 17.3. The summed E-state index contributed by atoms with van der Waals surface area (Å²) in [6.45, 7) is 1.74. The van der Waals surface area contributed by atoms with Gasteiger partial charge < -0.3 is 9.72 Å². The first-order valence-electron chi connectivity index (χ1n) is 4.31. The molecule has 0 aliphatic heterocycles. The van der Waals surface area contributed by atoms with Crippen molar-refractivity contribution >= 4 is 16.7 Å². The highest BCUT2D eigenvalue weighted by molar-refractivity contribution is 5.89. The number of methoxy groups -OCH3 is 1. The highest BCUT2D eigenvalue weighted by Crippen LogP contribution is 2.30. The van der Waals surface area contributed by atoms with Gasteiger partial charge in [0.25, 0.3) is 5.69 Å². The van der Waals surface area contributed by atoms with Crippen LogP contribution in [0.25, 0.3) is 11.0 Å². The van der Waals surface area contributed by atoms with Crippen LogP contribution in [0.1, 0.15) is 5.82 Å². The van der Waals surface area contributed by atoms with E-state index in [2.05, 4.69) is 9.97 Å². The molecule has 0 amide bonds. The fourth-order valence-electron chi connectivity index (χ4n) is 1.49. The van der Waals surface area contributed by atoms with Gasteiger partial charge in [-0.25, -0.2) is 4.98 Å². The maximum absolute atomic E-state index is 10.7. The minimum absolute atomic E-state index is 0.0184.